The van der Waals surface area contributed by atoms with Crippen molar-refractivity contribution in [3.05, 3.63) is 35.9 Å². The third-order valence-corrected chi connectivity index (χ3v) is 3.68. The maximum absolute atomic E-state index is 12.4. The second kappa shape index (κ2) is 6.17. The predicted molar refractivity (Wildman–Crippen MR) is 72.6 cm³/mol. The summed E-state index contributed by atoms with van der Waals surface area (Å²) in [6, 6.07) is 9.51. The maximum Gasteiger partial charge on any atom is 0.256 e. The van der Waals surface area contributed by atoms with Crippen molar-refractivity contribution in [2.24, 2.45) is 5.92 Å². The number of ether oxygens (including phenoxy) is 1. The zero-order valence-electron chi connectivity index (χ0n) is 11.5. The Morgan fingerprint density at radius 2 is 2.05 bits per heavy atom. The van der Waals surface area contributed by atoms with E-state index in [0.717, 1.165) is 18.4 Å². The maximum atomic E-state index is 12.4. The van der Waals surface area contributed by atoms with E-state index >= 15 is 0 Å². The van der Waals surface area contributed by atoms with Gasteiger partial charge in [0.2, 0.25) is 0 Å². The SMILES string of the molecule is COC(C(=O)N(C)CC1CC(O)C1)c1ccccc1. The number of hydrogen-bond acceptors (Lipinski definition) is 3. The number of likely N-dealkylation sites (N-methyl/N-ethyl adjacent to an activating group) is 1. The summed E-state index contributed by atoms with van der Waals surface area (Å²) < 4.78 is 5.33. The van der Waals surface area contributed by atoms with Gasteiger partial charge in [-0.2, -0.15) is 0 Å². The van der Waals surface area contributed by atoms with Crippen LogP contribution in [0, 0.1) is 5.92 Å². The topological polar surface area (TPSA) is 49.8 Å². The van der Waals surface area contributed by atoms with Crippen LogP contribution in [0.3, 0.4) is 0 Å². The van der Waals surface area contributed by atoms with E-state index in [-0.39, 0.29) is 12.0 Å². The molecule has 4 heteroatoms. The Labute approximate surface area is 114 Å². The lowest BCUT2D eigenvalue weighted by Gasteiger charge is -2.35. The van der Waals surface area contributed by atoms with Gasteiger partial charge >= 0.3 is 0 Å². The lowest BCUT2D eigenvalue weighted by Crippen LogP contribution is -2.41. The van der Waals surface area contributed by atoms with Gasteiger partial charge < -0.3 is 14.7 Å². The molecule has 0 saturated heterocycles. The average Bonchev–Trinajstić information content (AvgIpc) is 2.39. The van der Waals surface area contributed by atoms with Crippen molar-refractivity contribution in [3.63, 3.8) is 0 Å². The third-order valence-electron chi connectivity index (χ3n) is 3.68. The van der Waals surface area contributed by atoms with E-state index in [1.54, 1.807) is 19.1 Å². The Balaban J connectivity index is 1.96. The highest BCUT2D eigenvalue weighted by Crippen LogP contribution is 2.28. The van der Waals surface area contributed by atoms with Gasteiger partial charge in [0.1, 0.15) is 0 Å². The van der Waals surface area contributed by atoms with Crippen molar-refractivity contribution < 1.29 is 14.6 Å². The monoisotopic (exact) mass is 263 g/mol. The van der Waals surface area contributed by atoms with Gasteiger partial charge in [0.15, 0.2) is 6.10 Å². The number of nitrogens with zero attached hydrogens (tertiary/aromatic N) is 1. The van der Waals surface area contributed by atoms with E-state index in [1.165, 1.54) is 0 Å². The van der Waals surface area contributed by atoms with Crippen LogP contribution in [-0.2, 0) is 9.53 Å². The first-order valence-corrected chi connectivity index (χ1v) is 6.62. The second-order valence-corrected chi connectivity index (χ2v) is 5.24. The number of methoxy groups -OCH3 is 1. The normalized spacial score (nSPS) is 23.5. The van der Waals surface area contributed by atoms with Crippen molar-refractivity contribution in [2.45, 2.75) is 25.0 Å². The molecule has 1 N–H and O–H groups in total. The van der Waals surface area contributed by atoms with Gasteiger partial charge in [-0.1, -0.05) is 30.3 Å². The molecule has 1 atom stereocenters. The highest BCUT2D eigenvalue weighted by molar-refractivity contribution is 5.82. The Bertz CT molecular complexity index is 415. The second-order valence-electron chi connectivity index (χ2n) is 5.24. The van der Waals surface area contributed by atoms with Crippen molar-refractivity contribution >= 4 is 5.91 Å². The Kier molecular flexibility index (Phi) is 4.56. The van der Waals surface area contributed by atoms with Gasteiger partial charge in [-0.3, -0.25) is 4.79 Å². The van der Waals surface area contributed by atoms with Gasteiger partial charge in [0.05, 0.1) is 6.10 Å². The summed E-state index contributed by atoms with van der Waals surface area (Å²) in [7, 11) is 3.35. The molecule has 1 aliphatic carbocycles. The zero-order valence-corrected chi connectivity index (χ0v) is 11.5. The van der Waals surface area contributed by atoms with Crippen LogP contribution in [0.25, 0.3) is 0 Å². The minimum atomic E-state index is -0.545. The number of benzene rings is 1. The average molecular weight is 263 g/mol. The first-order valence-electron chi connectivity index (χ1n) is 6.62. The minimum Gasteiger partial charge on any atom is -0.393 e. The van der Waals surface area contributed by atoms with Gasteiger partial charge in [-0.25, -0.2) is 0 Å². The summed E-state index contributed by atoms with van der Waals surface area (Å²) in [6.07, 6.45) is 0.860. The number of aliphatic hydroxyl groups is 1. The molecule has 104 valence electrons. The predicted octanol–water partition coefficient (Wildman–Crippen LogP) is 1.60. The van der Waals surface area contributed by atoms with Gasteiger partial charge in [0, 0.05) is 20.7 Å². The quantitative estimate of drug-likeness (QED) is 0.878. The molecule has 1 amide bonds. The number of carbonyl (C=O) groups excluding carboxylic acids is 1. The highest BCUT2D eigenvalue weighted by atomic mass is 16.5. The molecular weight excluding hydrogens is 242 g/mol. The largest absolute Gasteiger partial charge is 0.393 e. The fourth-order valence-electron chi connectivity index (χ4n) is 2.53. The van der Waals surface area contributed by atoms with Crippen LogP contribution in [-0.4, -0.2) is 42.7 Å². The Morgan fingerprint density at radius 3 is 2.58 bits per heavy atom. The molecule has 19 heavy (non-hydrogen) atoms. The van der Waals surface area contributed by atoms with E-state index in [4.69, 9.17) is 4.74 Å². The van der Waals surface area contributed by atoms with Crippen molar-refractivity contribution in [1.82, 2.24) is 4.90 Å². The highest BCUT2D eigenvalue weighted by Gasteiger charge is 2.31. The Hall–Kier alpha value is -1.39. The molecular formula is C15H21NO3. The van der Waals surface area contributed by atoms with E-state index in [9.17, 15) is 9.90 Å². The summed E-state index contributed by atoms with van der Waals surface area (Å²) in [6.45, 7) is 0.683. The van der Waals surface area contributed by atoms with Crippen molar-refractivity contribution in [1.29, 1.82) is 0 Å². The fraction of sp³-hybridized carbons (Fsp3) is 0.533. The molecule has 0 spiro atoms. The van der Waals surface area contributed by atoms with Gasteiger partial charge in [0.25, 0.3) is 5.91 Å². The molecule has 1 aromatic carbocycles. The third kappa shape index (κ3) is 3.33. The summed E-state index contributed by atoms with van der Waals surface area (Å²) in [5.74, 6) is 0.382. The number of carbonyl (C=O) groups is 1. The van der Waals surface area contributed by atoms with Crippen LogP contribution >= 0.6 is 0 Å². The molecule has 0 radical (unpaired) electrons. The molecule has 0 aromatic heterocycles. The standard InChI is InChI=1S/C15H21NO3/c1-16(10-11-8-13(17)9-11)15(18)14(19-2)12-6-4-3-5-7-12/h3-7,11,13-14,17H,8-10H2,1-2H3. The van der Waals surface area contributed by atoms with E-state index in [2.05, 4.69) is 0 Å². The van der Waals surface area contributed by atoms with E-state index in [1.807, 2.05) is 30.3 Å². The number of aliphatic hydroxyl groups excluding tert-OH is 1. The summed E-state index contributed by atoms with van der Waals surface area (Å²) in [5.41, 5.74) is 0.871. The van der Waals surface area contributed by atoms with Crippen LogP contribution in [0.15, 0.2) is 30.3 Å². The van der Waals surface area contributed by atoms with Crippen LogP contribution in [0.4, 0.5) is 0 Å². The number of amides is 1. The molecule has 1 unspecified atom stereocenters. The van der Waals surface area contributed by atoms with Gasteiger partial charge in [-0.05, 0) is 24.3 Å². The number of hydrogen-bond donors (Lipinski definition) is 1. The molecule has 2 rings (SSSR count). The van der Waals surface area contributed by atoms with Gasteiger partial charge in [-0.15, -0.1) is 0 Å². The molecule has 1 fully saturated rings. The molecule has 0 heterocycles. The molecule has 0 bridgehead atoms. The summed E-state index contributed by atoms with van der Waals surface area (Å²) in [4.78, 5) is 14.1. The van der Waals surface area contributed by atoms with E-state index in [0.29, 0.717) is 12.5 Å². The van der Waals surface area contributed by atoms with Crippen molar-refractivity contribution in [3.8, 4) is 0 Å². The molecule has 1 aliphatic rings. The lowest BCUT2D eigenvalue weighted by atomic mass is 9.82. The van der Waals surface area contributed by atoms with E-state index < -0.39 is 6.10 Å². The Morgan fingerprint density at radius 1 is 1.42 bits per heavy atom. The summed E-state index contributed by atoms with van der Waals surface area (Å²) >= 11 is 0. The molecule has 4 nitrogen and oxygen atoms in total. The number of rotatable bonds is 5. The van der Waals surface area contributed by atoms with Crippen LogP contribution in [0.1, 0.15) is 24.5 Å². The first-order chi connectivity index (χ1) is 9.11. The lowest BCUT2D eigenvalue weighted by molar-refractivity contribution is -0.142. The smallest absolute Gasteiger partial charge is 0.256 e. The summed E-state index contributed by atoms with van der Waals surface area (Å²) in [5, 5.41) is 9.28. The molecule has 0 aliphatic heterocycles. The van der Waals surface area contributed by atoms with Crippen molar-refractivity contribution in [2.75, 3.05) is 20.7 Å². The molecule has 1 saturated carbocycles. The fourth-order valence-corrected chi connectivity index (χ4v) is 2.53. The van der Waals surface area contributed by atoms with Crippen LogP contribution in [0.2, 0.25) is 0 Å². The minimum absolute atomic E-state index is 0.0323. The zero-order chi connectivity index (χ0) is 13.8. The molecule has 1 aromatic rings. The first kappa shape index (κ1) is 14.0. The van der Waals surface area contributed by atoms with Crippen LogP contribution < -0.4 is 0 Å². The van der Waals surface area contributed by atoms with Crippen LogP contribution in [0.5, 0.6) is 0 Å².